The topological polar surface area (TPSA) is 87.2 Å². The van der Waals surface area contributed by atoms with Gasteiger partial charge in [0.15, 0.2) is 0 Å². The molecule has 0 bridgehead atoms. The average molecular weight is 311 g/mol. The fraction of sp³-hybridized carbons (Fsp3) is 0.692. The molecule has 2 aliphatic heterocycles. The highest BCUT2D eigenvalue weighted by Crippen LogP contribution is 2.28. The first-order chi connectivity index (χ1) is 10.1. The number of hydrogen-bond acceptors (Lipinski definition) is 6. The van der Waals surface area contributed by atoms with Gasteiger partial charge in [0.25, 0.3) is 0 Å². The molecule has 7 nitrogen and oxygen atoms in total. The highest BCUT2D eigenvalue weighted by Gasteiger charge is 2.37. The standard InChI is InChI=1S/C13H21N5O2S/c1-14-13-15-8-10(9-16-13)21(19,20)17-11-5-7-18-6-3-2-4-12(11)18/h8-9,11-12,17H,2-7H2,1H3,(H,14,15,16). The van der Waals surface area contributed by atoms with Gasteiger partial charge < -0.3 is 5.32 Å². The minimum Gasteiger partial charge on any atom is -0.357 e. The smallest absolute Gasteiger partial charge is 0.243 e. The third-order valence-corrected chi connectivity index (χ3v) is 5.77. The van der Waals surface area contributed by atoms with E-state index in [1.807, 2.05) is 0 Å². The minimum atomic E-state index is -3.55. The fourth-order valence-corrected chi connectivity index (χ4v) is 4.43. The van der Waals surface area contributed by atoms with E-state index in [0.29, 0.717) is 12.0 Å². The molecule has 0 saturated carbocycles. The Kier molecular flexibility index (Phi) is 4.10. The van der Waals surface area contributed by atoms with E-state index in [4.69, 9.17) is 0 Å². The Bertz CT molecular complexity index is 589. The maximum Gasteiger partial charge on any atom is 0.243 e. The first-order valence-corrected chi connectivity index (χ1v) is 8.84. The molecule has 0 radical (unpaired) electrons. The predicted molar refractivity (Wildman–Crippen MR) is 79.5 cm³/mol. The second-order valence-electron chi connectivity index (χ2n) is 5.61. The number of aromatic nitrogens is 2. The van der Waals surface area contributed by atoms with Gasteiger partial charge in [-0.15, -0.1) is 0 Å². The largest absolute Gasteiger partial charge is 0.357 e. The Morgan fingerprint density at radius 2 is 1.95 bits per heavy atom. The van der Waals surface area contributed by atoms with Gasteiger partial charge in [-0.1, -0.05) is 6.42 Å². The average Bonchev–Trinajstić information content (AvgIpc) is 2.90. The molecule has 21 heavy (non-hydrogen) atoms. The number of nitrogens with one attached hydrogen (secondary N) is 2. The first kappa shape index (κ1) is 14.7. The monoisotopic (exact) mass is 311 g/mol. The van der Waals surface area contributed by atoms with Crippen LogP contribution in [-0.2, 0) is 10.0 Å². The molecule has 3 heterocycles. The quantitative estimate of drug-likeness (QED) is 0.838. The predicted octanol–water partition coefficient (Wildman–Crippen LogP) is 0.423. The zero-order valence-electron chi connectivity index (χ0n) is 12.1. The molecule has 1 aromatic rings. The molecule has 2 N–H and O–H groups in total. The number of hydrogen-bond donors (Lipinski definition) is 2. The van der Waals surface area contributed by atoms with Crippen LogP contribution < -0.4 is 10.0 Å². The molecule has 2 unspecified atom stereocenters. The maximum absolute atomic E-state index is 12.4. The van der Waals surface area contributed by atoms with E-state index in [-0.39, 0.29) is 10.9 Å². The van der Waals surface area contributed by atoms with E-state index in [9.17, 15) is 8.42 Å². The van der Waals surface area contributed by atoms with Crippen LogP contribution in [0.2, 0.25) is 0 Å². The number of nitrogens with zero attached hydrogens (tertiary/aromatic N) is 3. The summed E-state index contributed by atoms with van der Waals surface area (Å²) in [6.07, 6.45) is 7.03. The van der Waals surface area contributed by atoms with Crippen LogP contribution in [0.1, 0.15) is 25.7 Å². The molecule has 2 saturated heterocycles. The molecule has 2 aliphatic rings. The van der Waals surface area contributed by atoms with E-state index >= 15 is 0 Å². The number of piperidine rings is 1. The van der Waals surface area contributed by atoms with Crippen molar-refractivity contribution >= 4 is 16.0 Å². The van der Waals surface area contributed by atoms with Crippen molar-refractivity contribution in [1.82, 2.24) is 19.6 Å². The van der Waals surface area contributed by atoms with Crippen LogP contribution in [0.15, 0.2) is 17.3 Å². The molecule has 2 atom stereocenters. The third-order valence-electron chi connectivity index (χ3n) is 4.32. The molecular weight excluding hydrogens is 290 g/mol. The number of anilines is 1. The lowest BCUT2D eigenvalue weighted by atomic mass is 10.00. The molecular formula is C13H21N5O2S. The van der Waals surface area contributed by atoms with Crippen LogP contribution in [0.25, 0.3) is 0 Å². The Balaban J connectivity index is 1.73. The Morgan fingerprint density at radius 3 is 2.67 bits per heavy atom. The lowest BCUT2D eigenvalue weighted by Crippen LogP contribution is -2.46. The van der Waals surface area contributed by atoms with Gasteiger partial charge in [0, 0.05) is 25.7 Å². The highest BCUT2D eigenvalue weighted by atomic mass is 32.2. The lowest BCUT2D eigenvalue weighted by Gasteiger charge is -2.32. The molecule has 1 aromatic heterocycles. The van der Waals surface area contributed by atoms with E-state index in [0.717, 1.165) is 25.9 Å². The molecule has 8 heteroatoms. The van der Waals surface area contributed by atoms with E-state index in [1.54, 1.807) is 7.05 Å². The lowest BCUT2D eigenvalue weighted by molar-refractivity contribution is 0.186. The summed E-state index contributed by atoms with van der Waals surface area (Å²) >= 11 is 0. The zero-order chi connectivity index (χ0) is 14.9. The minimum absolute atomic E-state index is 0.000670. The molecule has 3 rings (SSSR count). The fourth-order valence-electron chi connectivity index (χ4n) is 3.24. The van der Waals surface area contributed by atoms with E-state index < -0.39 is 10.0 Å². The Hall–Kier alpha value is -1.25. The summed E-state index contributed by atoms with van der Waals surface area (Å²) in [4.78, 5) is 10.5. The first-order valence-electron chi connectivity index (χ1n) is 7.36. The summed E-state index contributed by atoms with van der Waals surface area (Å²) < 4.78 is 27.7. The summed E-state index contributed by atoms with van der Waals surface area (Å²) in [5.74, 6) is 0.410. The van der Waals surface area contributed by atoms with E-state index in [2.05, 4.69) is 24.9 Å². The van der Waals surface area contributed by atoms with Gasteiger partial charge in [-0.25, -0.2) is 23.1 Å². The zero-order valence-corrected chi connectivity index (χ0v) is 12.9. The van der Waals surface area contributed by atoms with Crippen molar-refractivity contribution in [2.24, 2.45) is 0 Å². The van der Waals surface area contributed by atoms with Gasteiger partial charge in [-0.05, 0) is 25.8 Å². The molecule has 0 amide bonds. The number of fused-ring (bicyclic) bond motifs is 1. The molecule has 0 aliphatic carbocycles. The van der Waals surface area contributed by atoms with Gasteiger partial charge >= 0.3 is 0 Å². The number of sulfonamides is 1. The summed E-state index contributed by atoms with van der Waals surface area (Å²) in [5, 5.41) is 2.77. The maximum atomic E-state index is 12.4. The van der Waals surface area contributed by atoms with Crippen molar-refractivity contribution in [1.29, 1.82) is 0 Å². The third kappa shape index (κ3) is 3.02. The Labute approximate surface area is 125 Å². The van der Waals surface area contributed by atoms with Gasteiger partial charge in [0.1, 0.15) is 4.90 Å². The van der Waals surface area contributed by atoms with Crippen LogP contribution in [0.3, 0.4) is 0 Å². The van der Waals surface area contributed by atoms with Crippen molar-refractivity contribution in [3.05, 3.63) is 12.4 Å². The van der Waals surface area contributed by atoms with Crippen molar-refractivity contribution in [3.63, 3.8) is 0 Å². The van der Waals surface area contributed by atoms with Crippen molar-refractivity contribution in [2.75, 3.05) is 25.5 Å². The van der Waals surface area contributed by atoms with Gasteiger partial charge in [-0.2, -0.15) is 0 Å². The molecule has 0 aromatic carbocycles. The van der Waals surface area contributed by atoms with E-state index in [1.165, 1.54) is 25.2 Å². The summed E-state index contributed by atoms with van der Waals surface area (Å²) in [5.41, 5.74) is 0. The van der Waals surface area contributed by atoms with Crippen LogP contribution in [0.5, 0.6) is 0 Å². The molecule has 2 fully saturated rings. The summed E-state index contributed by atoms with van der Waals surface area (Å²) in [7, 11) is -1.86. The van der Waals surface area contributed by atoms with Gasteiger partial charge in [-0.3, -0.25) is 4.90 Å². The van der Waals surface area contributed by atoms with Crippen molar-refractivity contribution < 1.29 is 8.42 Å². The number of rotatable bonds is 4. The normalized spacial score (nSPS) is 26.5. The van der Waals surface area contributed by atoms with Crippen LogP contribution in [0.4, 0.5) is 5.95 Å². The van der Waals surface area contributed by atoms with Crippen molar-refractivity contribution in [2.45, 2.75) is 42.7 Å². The van der Waals surface area contributed by atoms with Gasteiger partial charge in [0.05, 0.1) is 12.4 Å². The summed E-state index contributed by atoms with van der Waals surface area (Å²) in [6, 6.07) is 0.338. The molecule has 116 valence electrons. The Morgan fingerprint density at radius 1 is 1.19 bits per heavy atom. The second-order valence-corrected chi connectivity index (χ2v) is 7.32. The van der Waals surface area contributed by atoms with Gasteiger partial charge in [0.2, 0.25) is 16.0 Å². The van der Waals surface area contributed by atoms with Crippen LogP contribution in [0, 0.1) is 0 Å². The van der Waals surface area contributed by atoms with Crippen LogP contribution in [-0.4, -0.2) is 55.5 Å². The summed E-state index contributed by atoms with van der Waals surface area (Å²) in [6.45, 7) is 2.07. The molecule has 0 spiro atoms. The van der Waals surface area contributed by atoms with Crippen LogP contribution >= 0.6 is 0 Å². The highest BCUT2D eigenvalue weighted by molar-refractivity contribution is 7.89. The second kappa shape index (κ2) is 5.86. The SMILES string of the molecule is CNc1ncc(S(=O)(=O)NC2CCN3CCCCC23)cn1. The van der Waals surface area contributed by atoms with Crippen molar-refractivity contribution in [3.8, 4) is 0 Å².